The number of anilines is 1. The van der Waals surface area contributed by atoms with Gasteiger partial charge in [0.2, 0.25) is 10.0 Å². The van der Waals surface area contributed by atoms with Gasteiger partial charge in [0.05, 0.1) is 18.2 Å². The number of aromatic nitrogens is 1. The molecular weight excluding hydrogens is 448 g/mol. The van der Waals surface area contributed by atoms with Gasteiger partial charge in [0.25, 0.3) is 5.91 Å². The van der Waals surface area contributed by atoms with E-state index < -0.39 is 15.9 Å². The molecule has 0 aliphatic heterocycles. The number of hydrogen-bond acceptors (Lipinski definition) is 4. The highest BCUT2D eigenvalue weighted by Gasteiger charge is 2.21. The number of nitrogens with zero attached hydrogens (tertiary/aromatic N) is 3. The molecule has 0 unspecified atom stereocenters. The Morgan fingerprint density at radius 2 is 1.74 bits per heavy atom. The summed E-state index contributed by atoms with van der Waals surface area (Å²) in [5.74, 6) is -0.201. The van der Waals surface area contributed by atoms with E-state index in [0.29, 0.717) is 11.6 Å². The highest BCUT2D eigenvalue weighted by molar-refractivity contribution is 7.92. The van der Waals surface area contributed by atoms with Crippen molar-refractivity contribution in [1.29, 1.82) is 0 Å². The highest BCUT2D eigenvalue weighted by Crippen LogP contribution is 2.23. The standard InChI is InChI=1S/C26H32N4O3S/c1-18(2)22-11-13-24(14-12-22)29(34(6,32)33)17-26(31)28-27-16-23-15-20(4)30(21(23)5)25-10-8-7-9-19(25)3/h7-16,18H,17H2,1-6H3,(H,28,31)/b27-16-. The molecule has 0 spiro atoms. The van der Waals surface area contributed by atoms with Crippen LogP contribution in [0.4, 0.5) is 5.69 Å². The van der Waals surface area contributed by atoms with Gasteiger partial charge in [0.1, 0.15) is 6.54 Å². The topological polar surface area (TPSA) is 83.8 Å². The zero-order valence-electron chi connectivity index (χ0n) is 20.5. The van der Waals surface area contributed by atoms with Crippen molar-refractivity contribution >= 4 is 27.8 Å². The number of rotatable bonds is 8. The van der Waals surface area contributed by atoms with Crippen molar-refractivity contribution in [3.63, 3.8) is 0 Å². The van der Waals surface area contributed by atoms with E-state index >= 15 is 0 Å². The first-order valence-electron chi connectivity index (χ1n) is 11.1. The summed E-state index contributed by atoms with van der Waals surface area (Å²) in [7, 11) is -3.65. The summed E-state index contributed by atoms with van der Waals surface area (Å²) in [6.07, 6.45) is 2.66. The fraction of sp³-hybridized carbons (Fsp3) is 0.308. The zero-order chi connectivity index (χ0) is 25.0. The molecule has 180 valence electrons. The van der Waals surface area contributed by atoms with E-state index in [1.54, 1.807) is 18.3 Å². The molecule has 1 amide bonds. The normalized spacial score (nSPS) is 11.9. The summed E-state index contributed by atoms with van der Waals surface area (Å²) in [5, 5.41) is 4.08. The average Bonchev–Trinajstić information content (AvgIpc) is 3.05. The predicted molar refractivity (Wildman–Crippen MR) is 138 cm³/mol. The fourth-order valence-corrected chi connectivity index (χ4v) is 4.72. The summed E-state index contributed by atoms with van der Waals surface area (Å²) < 4.78 is 27.9. The smallest absolute Gasteiger partial charge is 0.260 e. The van der Waals surface area contributed by atoms with Crippen LogP contribution in [0.25, 0.3) is 5.69 Å². The van der Waals surface area contributed by atoms with Crippen LogP contribution in [0.1, 0.15) is 47.8 Å². The lowest BCUT2D eigenvalue weighted by molar-refractivity contribution is -0.119. The maximum atomic E-state index is 12.5. The SMILES string of the molecule is Cc1ccccc1-n1c(C)cc(/C=N\NC(=O)CN(c2ccc(C(C)C)cc2)S(C)(=O)=O)c1C. The van der Waals surface area contributed by atoms with Crippen LogP contribution >= 0.6 is 0 Å². The van der Waals surface area contributed by atoms with Crippen LogP contribution in [0.15, 0.2) is 59.7 Å². The second-order valence-corrected chi connectivity index (χ2v) is 10.7. The maximum Gasteiger partial charge on any atom is 0.260 e. The van der Waals surface area contributed by atoms with E-state index in [9.17, 15) is 13.2 Å². The second kappa shape index (κ2) is 10.3. The summed E-state index contributed by atoms with van der Waals surface area (Å²) in [6, 6.07) is 17.3. The number of sulfonamides is 1. The first kappa shape index (κ1) is 25.2. The molecule has 0 saturated heterocycles. The Kier molecular flexibility index (Phi) is 7.61. The first-order valence-corrected chi connectivity index (χ1v) is 13.0. The molecule has 3 rings (SSSR count). The number of carbonyl (C=O) groups excluding carboxylic acids is 1. The van der Waals surface area contributed by atoms with E-state index in [4.69, 9.17) is 0 Å². The molecule has 0 radical (unpaired) electrons. The summed E-state index contributed by atoms with van der Waals surface area (Å²) >= 11 is 0. The van der Waals surface area contributed by atoms with Crippen molar-refractivity contribution in [3.05, 3.63) is 82.7 Å². The molecule has 1 N–H and O–H groups in total. The molecule has 34 heavy (non-hydrogen) atoms. The minimum atomic E-state index is -3.65. The van der Waals surface area contributed by atoms with Crippen molar-refractivity contribution in [2.24, 2.45) is 5.10 Å². The van der Waals surface area contributed by atoms with Gasteiger partial charge in [-0.15, -0.1) is 0 Å². The lowest BCUT2D eigenvalue weighted by atomic mass is 10.0. The highest BCUT2D eigenvalue weighted by atomic mass is 32.2. The number of carbonyl (C=O) groups is 1. The second-order valence-electron chi connectivity index (χ2n) is 8.76. The Bertz CT molecular complexity index is 1310. The van der Waals surface area contributed by atoms with Gasteiger partial charge < -0.3 is 4.57 Å². The Labute approximate surface area is 202 Å². The van der Waals surface area contributed by atoms with Crippen LogP contribution in [0.5, 0.6) is 0 Å². The molecule has 0 bridgehead atoms. The number of aryl methyl sites for hydroxylation is 2. The summed E-state index contributed by atoms with van der Waals surface area (Å²) in [6.45, 7) is 9.84. The van der Waals surface area contributed by atoms with Gasteiger partial charge in [-0.25, -0.2) is 13.8 Å². The molecule has 0 aliphatic carbocycles. The van der Waals surface area contributed by atoms with Gasteiger partial charge in [-0.2, -0.15) is 5.10 Å². The van der Waals surface area contributed by atoms with Crippen molar-refractivity contribution in [1.82, 2.24) is 9.99 Å². The molecular formula is C26H32N4O3S. The maximum absolute atomic E-state index is 12.5. The third-order valence-electron chi connectivity index (χ3n) is 5.75. The van der Waals surface area contributed by atoms with Crippen molar-refractivity contribution in [2.45, 2.75) is 40.5 Å². The van der Waals surface area contributed by atoms with Crippen LogP contribution in [0, 0.1) is 20.8 Å². The van der Waals surface area contributed by atoms with Gasteiger partial charge in [-0.3, -0.25) is 9.10 Å². The number of amides is 1. The molecule has 3 aromatic rings. The van der Waals surface area contributed by atoms with E-state index in [1.807, 2.05) is 44.2 Å². The van der Waals surface area contributed by atoms with Gasteiger partial charge >= 0.3 is 0 Å². The largest absolute Gasteiger partial charge is 0.318 e. The molecule has 0 atom stereocenters. The lowest BCUT2D eigenvalue weighted by Crippen LogP contribution is -2.39. The molecule has 2 aromatic carbocycles. The molecule has 7 nitrogen and oxygen atoms in total. The number of hydrazone groups is 1. The summed E-state index contributed by atoms with van der Waals surface area (Å²) in [4.78, 5) is 12.5. The number of benzene rings is 2. The first-order chi connectivity index (χ1) is 16.0. The van der Waals surface area contributed by atoms with Gasteiger partial charge in [-0.05, 0) is 62.1 Å². The van der Waals surface area contributed by atoms with Crippen LogP contribution in [-0.2, 0) is 14.8 Å². The summed E-state index contributed by atoms with van der Waals surface area (Å²) in [5.41, 5.74) is 9.14. The predicted octanol–water partition coefficient (Wildman–Crippen LogP) is 4.44. The minimum absolute atomic E-state index is 0.325. The number of hydrogen-bond donors (Lipinski definition) is 1. The Hall–Kier alpha value is -3.39. The average molecular weight is 481 g/mol. The van der Waals surface area contributed by atoms with E-state index in [1.165, 1.54) is 0 Å². The Morgan fingerprint density at radius 1 is 1.09 bits per heavy atom. The zero-order valence-corrected chi connectivity index (χ0v) is 21.3. The third-order valence-corrected chi connectivity index (χ3v) is 6.90. The van der Waals surface area contributed by atoms with Crippen molar-refractivity contribution in [2.75, 3.05) is 17.1 Å². The molecule has 1 aromatic heterocycles. The van der Waals surface area contributed by atoms with Crippen LogP contribution in [-0.4, -0.2) is 37.9 Å². The van der Waals surface area contributed by atoms with Gasteiger partial charge in [0.15, 0.2) is 0 Å². The third kappa shape index (κ3) is 5.75. The fourth-order valence-electron chi connectivity index (χ4n) is 3.87. The van der Waals surface area contributed by atoms with Crippen molar-refractivity contribution in [3.8, 4) is 5.69 Å². The van der Waals surface area contributed by atoms with Crippen LogP contribution < -0.4 is 9.73 Å². The molecule has 8 heteroatoms. The Balaban J connectivity index is 1.74. The van der Waals surface area contributed by atoms with E-state index in [-0.39, 0.29) is 6.54 Å². The quantitative estimate of drug-likeness (QED) is 0.382. The monoisotopic (exact) mass is 480 g/mol. The number of para-hydroxylation sites is 1. The number of nitrogens with one attached hydrogen (secondary N) is 1. The van der Waals surface area contributed by atoms with E-state index in [0.717, 1.165) is 44.3 Å². The van der Waals surface area contributed by atoms with Gasteiger partial charge in [0, 0.05) is 22.6 Å². The van der Waals surface area contributed by atoms with Crippen molar-refractivity contribution < 1.29 is 13.2 Å². The molecule has 0 fully saturated rings. The van der Waals surface area contributed by atoms with Crippen LogP contribution in [0.2, 0.25) is 0 Å². The molecule has 0 aliphatic rings. The molecule has 0 saturated carbocycles. The lowest BCUT2D eigenvalue weighted by Gasteiger charge is -2.21. The van der Waals surface area contributed by atoms with Gasteiger partial charge in [-0.1, -0.05) is 44.2 Å². The van der Waals surface area contributed by atoms with Crippen LogP contribution in [0.3, 0.4) is 0 Å². The Morgan fingerprint density at radius 3 is 2.32 bits per heavy atom. The minimum Gasteiger partial charge on any atom is -0.318 e. The van der Waals surface area contributed by atoms with E-state index in [2.05, 4.69) is 48.0 Å². The molecule has 1 heterocycles.